The third-order valence-corrected chi connectivity index (χ3v) is 7.01. The van der Waals surface area contributed by atoms with Gasteiger partial charge in [-0.2, -0.15) is 0 Å². The maximum atomic E-state index is 12.6. The lowest BCUT2D eigenvalue weighted by molar-refractivity contribution is -0.0880. The van der Waals surface area contributed by atoms with E-state index in [0.29, 0.717) is 0 Å². The van der Waals surface area contributed by atoms with Crippen LogP contribution in [-0.2, 0) is 4.74 Å². The number of amides is 1. The zero-order valence-electron chi connectivity index (χ0n) is 17.3. The average molecular weight is 361 g/mol. The number of hydrogen-bond donors (Lipinski definition) is 2. The molecule has 0 radical (unpaired) electrons. The molecule has 2 unspecified atom stereocenters. The molecule has 146 valence electrons. The van der Waals surface area contributed by atoms with Crippen LogP contribution in [0.1, 0.15) is 67.2 Å². The molecule has 1 aromatic rings. The van der Waals surface area contributed by atoms with Crippen LogP contribution in [0.25, 0.3) is 0 Å². The second-order valence-corrected chi connectivity index (χ2v) is 7.79. The molecule has 0 aromatic heterocycles. The topological polar surface area (TPSA) is 50.4 Å². The fourth-order valence-corrected chi connectivity index (χ4v) is 4.92. The van der Waals surface area contributed by atoms with Crippen molar-refractivity contribution in [1.82, 2.24) is 5.32 Å². The van der Waals surface area contributed by atoms with Gasteiger partial charge in [-0.15, -0.1) is 0 Å². The second kappa shape index (κ2) is 8.43. The van der Waals surface area contributed by atoms with E-state index in [1.54, 1.807) is 0 Å². The Bertz CT molecular complexity index is 555. The lowest BCUT2D eigenvalue weighted by Crippen LogP contribution is -2.72. The first-order valence-corrected chi connectivity index (χ1v) is 10.2. The Morgan fingerprint density at radius 1 is 0.962 bits per heavy atom. The molecule has 0 bridgehead atoms. The van der Waals surface area contributed by atoms with Crippen molar-refractivity contribution in [2.24, 2.45) is 11.8 Å². The lowest BCUT2D eigenvalue weighted by atomic mass is 9.62. The fraction of sp³-hybridized carbons (Fsp3) is 0.682. The molecule has 2 rings (SSSR count). The van der Waals surface area contributed by atoms with Crippen LogP contribution >= 0.6 is 0 Å². The Morgan fingerprint density at radius 2 is 1.42 bits per heavy atom. The molecule has 1 amide bonds. The maximum Gasteiger partial charge on any atom is 0.411 e. The predicted octanol–water partition coefficient (Wildman–Crippen LogP) is 5.60. The van der Waals surface area contributed by atoms with E-state index in [2.05, 4.69) is 52.2 Å². The van der Waals surface area contributed by atoms with Crippen LogP contribution in [0.15, 0.2) is 30.3 Å². The molecule has 2 N–H and O–H groups in total. The van der Waals surface area contributed by atoms with E-state index < -0.39 is 0 Å². The van der Waals surface area contributed by atoms with Crippen LogP contribution < -0.4 is 10.6 Å². The Kier molecular flexibility index (Phi) is 6.73. The monoisotopic (exact) mass is 360 g/mol. The zero-order chi connectivity index (χ0) is 19.4. The summed E-state index contributed by atoms with van der Waals surface area (Å²) in [7, 11) is 0. The number of carbonyl (C=O) groups is 1. The number of rotatable bonds is 6. The van der Waals surface area contributed by atoms with Crippen molar-refractivity contribution in [2.75, 3.05) is 5.32 Å². The number of anilines is 1. The summed E-state index contributed by atoms with van der Waals surface area (Å²) in [4.78, 5) is 12.6. The molecule has 1 fully saturated rings. The largest absolute Gasteiger partial charge is 0.445 e. The van der Waals surface area contributed by atoms with Crippen molar-refractivity contribution >= 4 is 11.8 Å². The van der Waals surface area contributed by atoms with Crippen molar-refractivity contribution in [1.29, 1.82) is 0 Å². The summed E-state index contributed by atoms with van der Waals surface area (Å²) in [6.45, 7) is 13.4. The Labute approximate surface area is 159 Å². The van der Waals surface area contributed by atoms with Crippen molar-refractivity contribution in [2.45, 2.75) is 84.4 Å². The minimum atomic E-state index is -0.357. The number of para-hydroxylation sites is 1. The first kappa shape index (κ1) is 20.8. The molecule has 0 saturated carbocycles. The van der Waals surface area contributed by atoms with Crippen molar-refractivity contribution in [3.8, 4) is 0 Å². The minimum Gasteiger partial charge on any atom is -0.445 e. The second-order valence-electron chi connectivity index (χ2n) is 7.79. The van der Waals surface area contributed by atoms with Crippen LogP contribution in [0.2, 0.25) is 0 Å². The van der Waals surface area contributed by atoms with E-state index in [4.69, 9.17) is 4.74 Å². The number of hydrogen-bond acceptors (Lipinski definition) is 3. The fourth-order valence-electron chi connectivity index (χ4n) is 4.92. The summed E-state index contributed by atoms with van der Waals surface area (Å²) >= 11 is 0. The highest BCUT2D eigenvalue weighted by molar-refractivity contribution is 5.84. The molecule has 1 aromatic carbocycles. The predicted molar refractivity (Wildman–Crippen MR) is 108 cm³/mol. The van der Waals surface area contributed by atoms with Crippen LogP contribution in [0, 0.1) is 11.8 Å². The van der Waals surface area contributed by atoms with Crippen molar-refractivity contribution < 1.29 is 9.53 Å². The van der Waals surface area contributed by atoms with Crippen LogP contribution in [0.3, 0.4) is 0 Å². The first-order chi connectivity index (χ1) is 12.4. The van der Waals surface area contributed by atoms with Gasteiger partial charge in [0.15, 0.2) is 0 Å². The molecule has 4 nitrogen and oxygen atoms in total. The third-order valence-electron chi connectivity index (χ3n) is 7.01. The van der Waals surface area contributed by atoms with Gasteiger partial charge in [0.2, 0.25) is 0 Å². The highest BCUT2D eigenvalue weighted by atomic mass is 16.6. The molecular formula is C22H36N2O2. The molecule has 1 saturated heterocycles. The highest BCUT2D eigenvalue weighted by Gasteiger charge is 2.54. The molecule has 1 aliphatic rings. The normalized spacial score (nSPS) is 26.9. The van der Waals surface area contributed by atoms with Crippen LogP contribution in [-0.4, -0.2) is 23.3 Å². The summed E-state index contributed by atoms with van der Waals surface area (Å²) in [5.41, 5.74) is 0.758. The van der Waals surface area contributed by atoms with Crippen LogP contribution in [0.5, 0.6) is 0 Å². The molecule has 26 heavy (non-hydrogen) atoms. The molecule has 1 heterocycles. The molecule has 1 aliphatic heterocycles. The average Bonchev–Trinajstić information content (AvgIpc) is 2.67. The van der Waals surface area contributed by atoms with E-state index in [-0.39, 0.29) is 35.1 Å². The standard InChI is InChI=1S/C22H36N2O2/c1-7-21(8-2)16(5)19(17(6)22(9-3,10-4)24-21)26-20(25)23-18-14-12-11-13-15-18/h11-17,19,24H,7-10H2,1-6H3,(H,23,25). The van der Waals surface area contributed by atoms with Gasteiger partial charge in [0, 0.05) is 28.6 Å². The van der Waals surface area contributed by atoms with E-state index in [1.165, 1.54) is 0 Å². The zero-order valence-corrected chi connectivity index (χ0v) is 17.3. The van der Waals surface area contributed by atoms with Gasteiger partial charge < -0.3 is 10.1 Å². The summed E-state index contributed by atoms with van der Waals surface area (Å²) in [5.74, 6) is 0.500. The van der Waals surface area contributed by atoms with Gasteiger partial charge in [-0.25, -0.2) is 4.79 Å². The number of nitrogens with one attached hydrogen (secondary N) is 2. The van der Waals surface area contributed by atoms with E-state index in [0.717, 1.165) is 31.4 Å². The van der Waals surface area contributed by atoms with E-state index in [9.17, 15) is 4.79 Å². The van der Waals surface area contributed by atoms with Gasteiger partial charge >= 0.3 is 6.09 Å². The number of piperidine rings is 1. The third kappa shape index (κ3) is 3.75. The van der Waals surface area contributed by atoms with Crippen molar-refractivity contribution in [3.63, 3.8) is 0 Å². The summed E-state index contributed by atoms with van der Waals surface area (Å²) in [6.07, 6.45) is 3.64. The first-order valence-electron chi connectivity index (χ1n) is 10.2. The summed E-state index contributed by atoms with van der Waals surface area (Å²) in [5, 5.41) is 6.90. The molecule has 2 atom stereocenters. The quantitative estimate of drug-likeness (QED) is 0.694. The van der Waals surface area contributed by atoms with Gasteiger partial charge in [0.25, 0.3) is 0 Å². The number of ether oxygens (including phenoxy) is 1. The number of carbonyl (C=O) groups excluding carboxylic acids is 1. The van der Waals surface area contributed by atoms with Gasteiger partial charge in [-0.05, 0) is 37.8 Å². The highest BCUT2D eigenvalue weighted by Crippen LogP contribution is 2.45. The Morgan fingerprint density at radius 3 is 1.85 bits per heavy atom. The molecule has 0 aliphatic carbocycles. The number of benzene rings is 1. The van der Waals surface area contributed by atoms with E-state index in [1.807, 2.05) is 30.3 Å². The SMILES string of the molecule is CCC1(CC)NC(CC)(CC)C(C)C(OC(=O)Nc2ccccc2)C1C. The maximum absolute atomic E-state index is 12.6. The van der Waals surface area contributed by atoms with Gasteiger partial charge in [-0.3, -0.25) is 5.32 Å². The Balaban J connectivity index is 2.26. The van der Waals surface area contributed by atoms with Crippen molar-refractivity contribution in [3.05, 3.63) is 30.3 Å². The smallest absolute Gasteiger partial charge is 0.411 e. The summed E-state index contributed by atoms with van der Waals surface area (Å²) in [6, 6.07) is 9.50. The van der Waals surface area contributed by atoms with Crippen LogP contribution in [0.4, 0.5) is 10.5 Å². The lowest BCUT2D eigenvalue weighted by Gasteiger charge is -2.58. The molecule has 0 spiro atoms. The van der Waals surface area contributed by atoms with E-state index >= 15 is 0 Å². The van der Waals surface area contributed by atoms with Gasteiger partial charge in [0.05, 0.1) is 0 Å². The molecular weight excluding hydrogens is 324 g/mol. The van der Waals surface area contributed by atoms with Gasteiger partial charge in [-0.1, -0.05) is 59.7 Å². The minimum absolute atomic E-state index is 0.00375. The Hall–Kier alpha value is -1.55. The summed E-state index contributed by atoms with van der Waals surface area (Å²) < 4.78 is 6.05. The van der Waals surface area contributed by atoms with Gasteiger partial charge in [0.1, 0.15) is 6.10 Å². The molecule has 4 heteroatoms.